The normalized spacial score (nSPS) is 10.7. The van der Waals surface area contributed by atoms with Gasteiger partial charge in [-0.05, 0) is 48.0 Å². The fraction of sp³-hybridized carbons (Fsp3) is 0. The lowest BCUT2D eigenvalue weighted by Gasteiger charge is -2.07. The van der Waals surface area contributed by atoms with Crippen LogP contribution < -0.4 is 10.9 Å². The van der Waals surface area contributed by atoms with Crippen molar-refractivity contribution < 1.29 is 9.21 Å². The molecule has 132 valence electrons. The zero-order chi connectivity index (χ0) is 18.8. The molecule has 0 radical (unpaired) electrons. The van der Waals surface area contributed by atoms with Crippen molar-refractivity contribution in [1.29, 1.82) is 0 Å². The van der Waals surface area contributed by atoms with Crippen LogP contribution in [0.1, 0.15) is 10.4 Å². The lowest BCUT2D eigenvalue weighted by atomic mass is 10.0. The third-order valence-electron chi connectivity index (χ3n) is 4.18. The Kier molecular flexibility index (Phi) is 4.60. The summed E-state index contributed by atoms with van der Waals surface area (Å²) in [5.74, 6) is -0.217. The van der Waals surface area contributed by atoms with Gasteiger partial charge in [0.2, 0.25) is 0 Å². The lowest BCUT2D eigenvalue weighted by molar-refractivity contribution is 0.102. The van der Waals surface area contributed by atoms with Gasteiger partial charge in [-0.2, -0.15) is 0 Å². The van der Waals surface area contributed by atoms with E-state index in [1.807, 2.05) is 42.5 Å². The van der Waals surface area contributed by atoms with Crippen molar-refractivity contribution in [2.75, 3.05) is 5.32 Å². The van der Waals surface area contributed by atoms with E-state index < -0.39 is 5.63 Å². The van der Waals surface area contributed by atoms with Crippen molar-refractivity contribution in [2.24, 2.45) is 0 Å². The van der Waals surface area contributed by atoms with Crippen molar-refractivity contribution in [3.8, 4) is 11.1 Å². The molecule has 0 spiro atoms. The summed E-state index contributed by atoms with van der Waals surface area (Å²) in [6.45, 7) is 0. The summed E-state index contributed by atoms with van der Waals surface area (Å²) in [4.78, 5) is 24.7. The van der Waals surface area contributed by atoms with E-state index in [0.29, 0.717) is 28.0 Å². The van der Waals surface area contributed by atoms with Crippen LogP contribution in [0.15, 0.2) is 92.5 Å². The van der Waals surface area contributed by atoms with Crippen LogP contribution in [-0.2, 0) is 0 Å². The van der Waals surface area contributed by atoms with Gasteiger partial charge < -0.3 is 9.73 Å². The zero-order valence-electron chi connectivity index (χ0n) is 14.1. The summed E-state index contributed by atoms with van der Waals surface area (Å²) < 4.78 is 6.26. The van der Waals surface area contributed by atoms with Crippen LogP contribution in [0.4, 0.5) is 5.69 Å². The molecule has 0 aliphatic carbocycles. The molecular weight excluding hydrogens is 406 g/mol. The Bertz CT molecular complexity index is 1200. The predicted molar refractivity (Wildman–Crippen MR) is 110 cm³/mol. The lowest BCUT2D eigenvalue weighted by Crippen LogP contribution is -2.11. The zero-order valence-corrected chi connectivity index (χ0v) is 15.7. The predicted octanol–water partition coefficient (Wildman–Crippen LogP) is 5.47. The molecule has 4 rings (SSSR count). The smallest absolute Gasteiger partial charge is 0.344 e. The fourth-order valence-electron chi connectivity index (χ4n) is 2.83. The minimum atomic E-state index is -0.403. The summed E-state index contributed by atoms with van der Waals surface area (Å²) in [5, 5.41) is 3.70. The third-order valence-corrected chi connectivity index (χ3v) is 4.68. The minimum absolute atomic E-state index is 0.217. The SMILES string of the molecule is O=C(Nc1cccc(Br)c1)c1ccc(-c2cc3ccccc3oc2=O)cc1. The number of hydrogen-bond donors (Lipinski definition) is 1. The maximum atomic E-state index is 12.4. The molecule has 5 heteroatoms. The van der Waals surface area contributed by atoms with Gasteiger partial charge in [-0.1, -0.05) is 52.3 Å². The quantitative estimate of drug-likeness (QED) is 0.447. The largest absolute Gasteiger partial charge is 0.422 e. The van der Waals surface area contributed by atoms with Gasteiger partial charge in [0.15, 0.2) is 0 Å². The van der Waals surface area contributed by atoms with Gasteiger partial charge in [0.05, 0.1) is 5.56 Å². The number of fused-ring (bicyclic) bond motifs is 1. The molecule has 0 aliphatic heterocycles. The van der Waals surface area contributed by atoms with Crippen LogP contribution in [0.25, 0.3) is 22.1 Å². The first kappa shape index (κ1) is 17.2. The van der Waals surface area contributed by atoms with Crippen LogP contribution in [0.5, 0.6) is 0 Å². The minimum Gasteiger partial charge on any atom is -0.422 e. The molecule has 0 fully saturated rings. The molecule has 27 heavy (non-hydrogen) atoms. The molecule has 0 saturated heterocycles. The Morgan fingerprint density at radius 1 is 0.889 bits per heavy atom. The molecule has 0 saturated carbocycles. The number of para-hydroxylation sites is 1. The Morgan fingerprint density at radius 3 is 2.44 bits per heavy atom. The number of anilines is 1. The number of nitrogens with one attached hydrogen (secondary N) is 1. The second-order valence-electron chi connectivity index (χ2n) is 6.03. The Morgan fingerprint density at radius 2 is 1.67 bits per heavy atom. The van der Waals surface area contributed by atoms with E-state index in [-0.39, 0.29) is 5.91 Å². The van der Waals surface area contributed by atoms with Gasteiger partial charge in [0.1, 0.15) is 5.58 Å². The summed E-state index contributed by atoms with van der Waals surface area (Å²) >= 11 is 3.38. The first-order valence-electron chi connectivity index (χ1n) is 8.30. The monoisotopic (exact) mass is 419 g/mol. The molecular formula is C22H14BrNO3. The number of benzene rings is 3. The van der Waals surface area contributed by atoms with E-state index in [1.165, 1.54) is 0 Å². The van der Waals surface area contributed by atoms with E-state index in [2.05, 4.69) is 21.2 Å². The molecule has 1 heterocycles. The van der Waals surface area contributed by atoms with Crippen molar-refractivity contribution in [3.05, 3.63) is 99.3 Å². The highest BCUT2D eigenvalue weighted by Gasteiger charge is 2.10. The summed E-state index contributed by atoms with van der Waals surface area (Å²) in [7, 11) is 0. The average molecular weight is 420 g/mol. The Balaban J connectivity index is 1.61. The van der Waals surface area contributed by atoms with Crippen molar-refractivity contribution in [1.82, 2.24) is 0 Å². The molecule has 0 atom stereocenters. The third kappa shape index (κ3) is 3.68. The van der Waals surface area contributed by atoms with Crippen LogP contribution in [0, 0.1) is 0 Å². The number of hydrogen-bond acceptors (Lipinski definition) is 3. The highest BCUT2D eigenvalue weighted by atomic mass is 79.9. The van der Waals surface area contributed by atoms with Crippen LogP contribution in [-0.4, -0.2) is 5.91 Å². The Hall–Kier alpha value is -3.18. The van der Waals surface area contributed by atoms with Gasteiger partial charge in [-0.15, -0.1) is 0 Å². The topological polar surface area (TPSA) is 59.3 Å². The highest BCUT2D eigenvalue weighted by molar-refractivity contribution is 9.10. The van der Waals surface area contributed by atoms with Gasteiger partial charge >= 0.3 is 5.63 Å². The molecule has 4 aromatic rings. The molecule has 0 bridgehead atoms. The number of carbonyl (C=O) groups excluding carboxylic acids is 1. The maximum absolute atomic E-state index is 12.4. The van der Waals surface area contributed by atoms with Crippen molar-refractivity contribution in [2.45, 2.75) is 0 Å². The first-order valence-corrected chi connectivity index (χ1v) is 9.10. The van der Waals surface area contributed by atoms with Gasteiger partial charge in [0, 0.05) is 21.1 Å². The summed E-state index contributed by atoms with van der Waals surface area (Å²) in [6, 6.07) is 23.4. The first-order chi connectivity index (χ1) is 13.1. The Labute approximate surface area is 163 Å². The second-order valence-corrected chi connectivity index (χ2v) is 6.94. The van der Waals surface area contributed by atoms with Gasteiger partial charge in [-0.3, -0.25) is 4.79 Å². The van der Waals surface area contributed by atoms with Crippen LogP contribution in [0.2, 0.25) is 0 Å². The molecule has 1 N–H and O–H groups in total. The van der Waals surface area contributed by atoms with E-state index in [0.717, 1.165) is 9.86 Å². The van der Waals surface area contributed by atoms with Gasteiger partial charge in [0.25, 0.3) is 5.91 Å². The van der Waals surface area contributed by atoms with E-state index in [9.17, 15) is 9.59 Å². The average Bonchev–Trinajstić information content (AvgIpc) is 2.67. The van der Waals surface area contributed by atoms with E-state index in [1.54, 1.807) is 36.4 Å². The summed E-state index contributed by atoms with van der Waals surface area (Å²) in [6.07, 6.45) is 0. The van der Waals surface area contributed by atoms with E-state index >= 15 is 0 Å². The molecule has 0 unspecified atom stereocenters. The number of halogens is 1. The van der Waals surface area contributed by atoms with Crippen LogP contribution >= 0.6 is 15.9 Å². The van der Waals surface area contributed by atoms with Gasteiger partial charge in [-0.25, -0.2) is 4.79 Å². The van der Waals surface area contributed by atoms with Crippen LogP contribution in [0.3, 0.4) is 0 Å². The van der Waals surface area contributed by atoms with E-state index in [4.69, 9.17) is 4.42 Å². The highest BCUT2D eigenvalue weighted by Crippen LogP contribution is 2.22. The summed E-state index contributed by atoms with van der Waals surface area (Å²) in [5.41, 5.74) is 2.52. The molecule has 3 aromatic carbocycles. The van der Waals surface area contributed by atoms with Crippen molar-refractivity contribution >= 4 is 38.5 Å². The molecule has 4 nitrogen and oxygen atoms in total. The molecule has 1 aromatic heterocycles. The number of carbonyl (C=O) groups is 1. The molecule has 0 aliphatic rings. The number of amides is 1. The maximum Gasteiger partial charge on any atom is 0.344 e. The van der Waals surface area contributed by atoms with Crippen molar-refractivity contribution in [3.63, 3.8) is 0 Å². The number of rotatable bonds is 3. The molecule has 1 amide bonds. The standard InChI is InChI=1S/C22H14BrNO3/c23-17-5-3-6-18(13-17)24-21(25)15-10-8-14(9-11-15)19-12-16-4-1-2-7-20(16)27-22(19)26/h1-13H,(H,24,25). The second kappa shape index (κ2) is 7.21. The fourth-order valence-corrected chi connectivity index (χ4v) is 3.23.